The van der Waals surface area contributed by atoms with Gasteiger partial charge in [0.05, 0.1) is 6.61 Å². The first-order chi connectivity index (χ1) is 30.6. The normalized spacial score (nSPS) is 12.2. The quantitative estimate of drug-likeness (QED) is 0.0346. The van der Waals surface area contributed by atoms with Crippen LogP contribution in [0.3, 0.4) is 0 Å². The summed E-state index contributed by atoms with van der Waals surface area (Å²) in [5.74, 6) is -0.388. The molecule has 1 atom stereocenters. The van der Waals surface area contributed by atoms with Crippen molar-refractivity contribution in [1.82, 2.24) is 0 Å². The highest BCUT2D eigenvalue weighted by Crippen LogP contribution is 2.16. The lowest BCUT2D eigenvalue weighted by Gasteiger charge is -2.18. The lowest BCUT2D eigenvalue weighted by molar-refractivity contribution is -0.163. The highest BCUT2D eigenvalue weighted by molar-refractivity contribution is 5.70. The van der Waals surface area contributed by atoms with E-state index in [9.17, 15) is 9.59 Å². The third-order valence-electron chi connectivity index (χ3n) is 12.5. The average molecular weight is 873 g/mol. The van der Waals surface area contributed by atoms with Gasteiger partial charge in [-0.2, -0.15) is 0 Å². The summed E-state index contributed by atoms with van der Waals surface area (Å²) in [7, 11) is 0. The number of hydrogen-bond acceptors (Lipinski definition) is 5. The molecular weight excluding hydrogens is 765 g/mol. The summed E-state index contributed by atoms with van der Waals surface area (Å²) in [6.07, 6.45) is 63.3. The van der Waals surface area contributed by atoms with Crippen molar-refractivity contribution in [3.8, 4) is 0 Å². The Balaban J connectivity index is 4.21. The van der Waals surface area contributed by atoms with Crippen LogP contribution in [0.5, 0.6) is 0 Å². The minimum atomic E-state index is -0.533. The lowest BCUT2D eigenvalue weighted by atomic mass is 10.1. The Kier molecular flexibility index (Phi) is 52.3. The van der Waals surface area contributed by atoms with Gasteiger partial charge in [-0.25, -0.2) is 0 Å². The van der Waals surface area contributed by atoms with E-state index in [0.717, 1.165) is 32.1 Å². The molecule has 0 rings (SSSR count). The maximum Gasteiger partial charge on any atom is 0.306 e. The summed E-state index contributed by atoms with van der Waals surface area (Å²) >= 11 is 0. The topological polar surface area (TPSA) is 61.8 Å². The molecular formula is C57H108O5. The van der Waals surface area contributed by atoms with Gasteiger partial charge in [0.1, 0.15) is 6.61 Å². The summed E-state index contributed by atoms with van der Waals surface area (Å²) in [6.45, 7) is 7.87. The van der Waals surface area contributed by atoms with Crippen molar-refractivity contribution in [1.29, 1.82) is 0 Å². The van der Waals surface area contributed by atoms with E-state index in [2.05, 4.69) is 45.1 Å². The molecule has 62 heavy (non-hydrogen) atoms. The van der Waals surface area contributed by atoms with Crippen LogP contribution in [0.25, 0.3) is 0 Å². The zero-order chi connectivity index (χ0) is 44.9. The Labute approximate surface area is 387 Å². The Morgan fingerprint density at radius 1 is 0.339 bits per heavy atom. The van der Waals surface area contributed by atoms with Crippen LogP contribution in [0.15, 0.2) is 24.3 Å². The SMILES string of the molecule is CCCCCCCC/C=C\CCCCCCCCCC(=O)OCC(COCCCCCCCCCCCCCC)OC(=O)CCCCCCCCC/C=C\CCCCCCCC. The largest absolute Gasteiger partial charge is 0.462 e. The van der Waals surface area contributed by atoms with Gasteiger partial charge in [-0.05, 0) is 70.6 Å². The van der Waals surface area contributed by atoms with Crippen molar-refractivity contribution in [2.24, 2.45) is 0 Å². The van der Waals surface area contributed by atoms with Gasteiger partial charge in [-0.1, -0.05) is 244 Å². The Bertz CT molecular complexity index is 943. The summed E-state index contributed by atoms with van der Waals surface area (Å²) in [5, 5.41) is 0. The molecule has 0 aromatic carbocycles. The van der Waals surface area contributed by atoms with Gasteiger partial charge in [0.25, 0.3) is 0 Å². The molecule has 1 unspecified atom stereocenters. The Morgan fingerprint density at radius 3 is 0.984 bits per heavy atom. The second-order valence-corrected chi connectivity index (χ2v) is 18.8. The van der Waals surface area contributed by atoms with Crippen LogP contribution in [0.4, 0.5) is 0 Å². The van der Waals surface area contributed by atoms with Crippen molar-refractivity contribution >= 4 is 11.9 Å². The molecule has 0 aliphatic rings. The van der Waals surface area contributed by atoms with E-state index in [1.165, 1.54) is 238 Å². The number of rotatable bonds is 52. The molecule has 0 bridgehead atoms. The number of carbonyl (C=O) groups excluding carboxylic acids is 2. The third-order valence-corrected chi connectivity index (χ3v) is 12.5. The number of ether oxygens (including phenoxy) is 3. The zero-order valence-corrected chi connectivity index (χ0v) is 42.2. The first-order valence-electron chi connectivity index (χ1n) is 27.9. The van der Waals surface area contributed by atoms with Crippen LogP contribution in [-0.4, -0.2) is 37.9 Å². The van der Waals surface area contributed by atoms with E-state index in [0.29, 0.717) is 26.1 Å². The molecule has 0 amide bonds. The van der Waals surface area contributed by atoms with E-state index in [-0.39, 0.29) is 18.5 Å². The highest BCUT2D eigenvalue weighted by Gasteiger charge is 2.17. The molecule has 0 spiro atoms. The Morgan fingerprint density at radius 2 is 0.629 bits per heavy atom. The summed E-state index contributed by atoms with van der Waals surface area (Å²) in [5.41, 5.74) is 0. The minimum absolute atomic E-state index is 0.0880. The number of esters is 2. The molecule has 0 saturated heterocycles. The molecule has 366 valence electrons. The van der Waals surface area contributed by atoms with E-state index < -0.39 is 6.10 Å². The molecule has 0 heterocycles. The molecule has 0 saturated carbocycles. The number of unbranched alkanes of at least 4 members (excludes halogenated alkanes) is 37. The molecule has 0 fully saturated rings. The summed E-state index contributed by atoms with van der Waals surface area (Å²) in [6, 6.07) is 0. The third kappa shape index (κ3) is 51.0. The lowest BCUT2D eigenvalue weighted by Crippen LogP contribution is -2.30. The second kappa shape index (κ2) is 53.7. The van der Waals surface area contributed by atoms with E-state index >= 15 is 0 Å². The van der Waals surface area contributed by atoms with Crippen molar-refractivity contribution < 1.29 is 23.8 Å². The van der Waals surface area contributed by atoms with Gasteiger partial charge in [0.15, 0.2) is 6.10 Å². The molecule has 0 aliphatic carbocycles. The summed E-state index contributed by atoms with van der Waals surface area (Å²) < 4.78 is 17.4. The van der Waals surface area contributed by atoms with E-state index in [4.69, 9.17) is 14.2 Å². The fourth-order valence-electron chi connectivity index (χ4n) is 8.27. The molecule has 0 aromatic heterocycles. The van der Waals surface area contributed by atoms with Gasteiger partial charge in [-0.3, -0.25) is 9.59 Å². The molecule has 0 radical (unpaired) electrons. The first kappa shape index (κ1) is 60.4. The molecule has 0 N–H and O–H groups in total. The molecule has 5 heteroatoms. The fourth-order valence-corrected chi connectivity index (χ4v) is 8.27. The van der Waals surface area contributed by atoms with Crippen LogP contribution in [0.1, 0.15) is 303 Å². The zero-order valence-electron chi connectivity index (χ0n) is 42.2. The maximum absolute atomic E-state index is 12.8. The number of hydrogen-bond donors (Lipinski definition) is 0. The summed E-state index contributed by atoms with van der Waals surface area (Å²) in [4.78, 5) is 25.5. The second-order valence-electron chi connectivity index (χ2n) is 18.8. The van der Waals surface area contributed by atoms with Gasteiger partial charge >= 0.3 is 11.9 Å². The van der Waals surface area contributed by atoms with Crippen molar-refractivity contribution in [3.63, 3.8) is 0 Å². The predicted molar refractivity (Wildman–Crippen MR) is 270 cm³/mol. The van der Waals surface area contributed by atoms with Crippen LogP contribution in [0.2, 0.25) is 0 Å². The highest BCUT2D eigenvalue weighted by atomic mass is 16.6. The number of carbonyl (C=O) groups is 2. The van der Waals surface area contributed by atoms with Crippen molar-refractivity contribution in [2.75, 3.05) is 19.8 Å². The van der Waals surface area contributed by atoms with Gasteiger partial charge in [0.2, 0.25) is 0 Å². The molecule has 5 nitrogen and oxygen atoms in total. The average Bonchev–Trinajstić information content (AvgIpc) is 3.27. The van der Waals surface area contributed by atoms with Crippen LogP contribution in [-0.2, 0) is 23.8 Å². The minimum Gasteiger partial charge on any atom is -0.462 e. The molecule has 0 aromatic rings. The van der Waals surface area contributed by atoms with Crippen LogP contribution >= 0.6 is 0 Å². The van der Waals surface area contributed by atoms with E-state index in [1.54, 1.807) is 0 Å². The fraction of sp³-hybridized carbons (Fsp3) is 0.895. The van der Waals surface area contributed by atoms with Crippen LogP contribution in [0, 0.1) is 0 Å². The predicted octanol–water partition coefficient (Wildman–Crippen LogP) is 18.8. The standard InChI is InChI=1S/C57H108O5/c1-4-7-10-13-16-19-22-25-27-29-31-33-35-38-41-44-47-50-56(58)61-54-55(53-60-52-49-46-43-40-37-24-21-18-15-12-9-6-3)62-57(59)51-48-45-42-39-36-34-32-30-28-26-23-20-17-14-11-8-5-2/h25-28,55H,4-24,29-54H2,1-3H3/b27-25-,28-26-. The number of allylic oxidation sites excluding steroid dienone is 4. The molecule has 0 aliphatic heterocycles. The van der Waals surface area contributed by atoms with Gasteiger partial charge in [-0.15, -0.1) is 0 Å². The van der Waals surface area contributed by atoms with Gasteiger partial charge in [0, 0.05) is 19.4 Å². The smallest absolute Gasteiger partial charge is 0.306 e. The van der Waals surface area contributed by atoms with Crippen molar-refractivity contribution in [3.05, 3.63) is 24.3 Å². The van der Waals surface area contributed by atoms with E-state index in [1.807, 2.05) is 0 Å². The Hall–Kier alpha value is -1.62. The van der Waals surface area contributed by atoms with Crippen molar-refractivity contribution in [2.45, 2.75) is 309 Å². The first-order valence-corrected chi connectivity index (χ1v) is 27.9. The van der Waals surface area contributed by atoms with Crippen LogP contribution < -0.4 is 0 Å². The maximum atomic E-state index is 12.8. The monoisotopic (exact) mass is 873 g/mol. The van der Waals surface area contributed by atoms with Gasteiger partial charge < -0.3 is 14.2 Å².